The summed E-state index contributed by atoms with van der Waals surface area (Å²) in [5.74, 6) is -0.386. The van der Waals surface area contributed by atoms with Crippen molar-refractivity contribution < 1.29 is 18.6 Å². The zero-order valence-corrected chi connectivity index (χ0v) is 10.7. The Morgan fingerprint density at radius 3 is 2.35 bits per heavy atom. The van der Waals surface area contributed by atoms with Gasteiger partial charge >= 0.3 is 0 Å². The Morgan fingerprint density at radius 1 is 1.24 bits per heavy atom. The Kier molecular flexibility index (Phi) is 5.11. The normalized spacial score (nSPS) is 13.6. The molecule has 17 heavy (non-hydrogen) atoms. The van der Waals surface area contributed by atoms with Crippen molar-refractivity contribution in [2.24, 2.45) is 0 Å². The van der Waals surface area contributed by atoms with Gasteiger partial charge in [-0.15, -0.1) is 0 Å². The standard InChI is InChI=1S/C12H18O4S/c1-10-2-4-11(5-3-10)6-7-17(15,16)9-12(14)8-13/h2-5,12-14H,6-9H2,1H3. The van der Waals surface area contributed by atoms with Gasteiger partial charge in [0.2, 0.25) is 0 Å². The number of hydrogen-bond donors (Lipinski definition) is 2. The molecule has 1 aromatic rings. The summed E-state index contributed by atoms with van der Waals surface area (Å²) in [5.41, 5.74) is 2.09. The second kappa shape index (κ2) is 6.14. The van der Waals surface area contributed by atoms with E-state index in [2.05, 4.69) is 0 Å². The monoisotopic (exact) mass is 258 g/mol. The van der Waals surface area contributed by atoms with Crippen LogP contribution in [-0.2, 0) is 16.3 Å². The molecule has 0 aromatic heterocycles. The molecule has 1 unspecified atom stereocenters. The first-order valence-electron chi connectivity index (χ1n) is 5.48. The Labute approximate surface area is 102 Å². The zero-order chi connectivity index (χ0) is 12.9. The van der Waals surface area contributed by atoms with Crippen LogP contribution < -0.4 is 0 Å². The van der Waals surface area contributed by atoms with E-state index in [0.717, 1.165) is 11.1 Å². The maximum absolute atomic E-state index is 11.6. The fourth-order valence-corrected chi connectivity index (χ4v) is 2.86. The molecule has 0 amide bonds. The van der Waals surface area contributed by atoms with E-state index in [9.17, 15) is 8.42 Å². The van der Waals surface area contributed by atoms with E-state index in [0.29, 0.717) is 6.42 Å². The van der Waals surface area contributed by atoms with E-state index in [4.69, 9.17) is 10.2 Å². The highest BCUT2D eigenvalue weighted by molar-refractivity contribution is 7.91. The Balaban J connectivity index is 2.52. The van der Waals surface area contributed by atoms with Gasteiger partial charge < -0.3 is 10.2 Å². The molecule has 96 valence electrons. The molecule has 1 aromatic carbocycles. The number of aryl methyl sites for hydroxylation is 2. The third-order valence-corrected chi connectivity index (χ3v) is 4.20. The fraction of sp³-hybridized carbons (Fsp3) is 0.500. The summed E-state index contributed by atoms with van der Waals surface area (Å²) >= 11 is 0. The van der Waals surface area contributed by atoms with Crippen LogP contribution >= 0.6 is 0 Å². The average molecular weight is 258 g/mol. The molecule has 0 saturated heterocycles. The first-order chi connectivity index (χ1) is 7.93. The highest BCUT2D eigenvalue weighted by Crippen LogP contribution is 2.06. The van der Waals surface area contributed by atoms with Crippen LogP contribution in [0.4, 0.5) is 0 Å². The molecule has 0 aliphatic heterocycles. The van der Waals surface area contributed by atoms with Crippen molar-refractivity contribution in [3.63, 3.8) is 0 Å². The molecule has 5 heteroatoms. The lowest BCUT2D eigenvalue weighted by Crippen LogP contribution is -2.26. The van der Waals surface area contributed by atoms with Crippen molar-refractivity contribution >= 4 is 9.84 Å². The van der Waals surface area contributed by atoms with E-state index in [1.54, 1.807) is 0 Å². The number of rotatable bonds is 6. The fourth-order valence-electron chi connectivity index (χ4n) is 1.46. The molecule has 2 N–H and O–H groups in total. The number of aliphatic hydroxyl groups excluding tert-OH is 2. The molecule has 0 saturated carbocycles. The van der Waals surface area contributed by atoms with Crippen molar-refractivity contribution in [1.29, 1.82) is 0 Å². The molecule has 0 aliphatic rings. The van der Waals surface area contributed by atoms with Crippen molar-refractivity contribution in [2.75, 3.05) is 18.1 Å². The molecule has 0 spiro atoms. The van der Waals surface area contributed by atoms with Gasteiger partial charge in [-0.1, -0.05) is 29.8 Å². The summed E-state index contributed by atoms with van der Waals surface area (Å²) in [4.78, 5) is 0. The lowest BCUT2D eigenvalue weighted by molar-refractivity contribution is 0.112. The van der Waals surface area contributed by atoms with Gasteiger partial charge in [0.15, 0.2) is 9.84 Å². The lowest BCUT2D eigenvalue weighted by atomic mass is 10.1. The van der Waals surface area contributed by atoms with E-state index in [1.807, 2.05) is 31.2 Å². The van der Waals surface area contributed by atoms with Gasteiger partial charge in [-0.05, 0) is 18.9 Å². The van der Waals surface area contributed by atoms with E-state index in [1.165, 1.54) is 0 Å². The van der Waals surface area contributed by atoms with Crippen LogP contribution in [0.1, 0.15) is 11.1 Å². The molecule has 1 rings (SSSR count). The van der Waals surface area contributed by atoms with Gasteiger partial charge in [0.1, 0.15) is 0 Å². The summed E-state index contributed by atoms with van der Waals surface area (Å²) in [6.45, 7) is 1.45. The van der Waals surface area contributed by atoms with Crippen LogP contribution in [0.25, 0.3) is 0 Å². The van der Waals surface area contributed by atoms with Gasteiger partial charge in [0, 0.05) is 0 Å². The van der Waals surface area contributed by atoms with E-state index < -0.39 is 22.5 Å². The van der Waals surface area contributed by atoms with Gasteiger partial charge in [-0.3, -0.25) is 0 Å². The molecular weight excluding hydrogens is 240 g/mol. The van der Waals surface area contributed by atoms with Gasteiger partial charge in [0.25, 0.3) is 0 Å². The van der Waals surface area contributed by atoms with Crippen molar-refractivity contribution in [3.05, 3.63) is 35.4 Å². The summed E-state index contributed by atoms with van der Waals surface area (Å²) in [5, 5.41) is 17.7. The Bertz CT molecular complexity index is 436. The summed E-state index contributed by atoms with van der Waals surface area (Å²) in [6, 6.07) is 7.66. The molecule has 0 aliphatic carbocycles. The van der Waals surface area contributed by atoms with Crippen LogP contribution in [0, 0.1) is 6.92 Å². The number of benzene rings is 1. The molecule has 1 atom stereocenters. The second-order valence-corrected chi connectivity index (χ2v) is 6.42. The molecule has 4 nitrogen and oxygen atoms in total. The first kappa shape index (κ1) is 14.2. The zero-order valence-electron chi connectivity index (χ0n) is 9.83. The highest BCUT2D eigenvalue weighted by atomic mass is 32.2. The number of aliphatic hydroxyl groups is 2. The first-order valence-corrected chi connectivity index (χ1v) is 7.30. The maximum Gasteiger partial charge on any atom is 0.153 e. The van der Waals surface area contributed by atoms with Gasteiger partial charge in [0.05, 0.1) is 24.2 Å². The predicted octanol–water partition coefficient (Wildman–Crippen LogP) is 0.306. The summed E-state index contributed by atoms with van der Waals surface area (Å²) < 4.78 is 23.1. The largest absolute Gasteiger partial charge is 0.394 e. The van der Waals surface area contributed by atoms with Crippen molar-refractivity contribution in [3.8, 4) is 0 Å². The van der Waals surface area contributed by atoms with Crippen molar-refractivity contribution in [2.45, 2.75) is 19.4 Å². The lowest BCUT2D eigenvalue weighted by Gasteiger charge is -2.08. The summed E-state index contributed by atoms with van der Waals surface area (Å²) in [7, 11) is -3.31. The number of hydrogen-bond acceptors (Lipinski definition) is 4. The minimum absolute atomic E-state index is 0.00682. The van der Waals surface area contributed by atoms with Crippen LogP contribution in [0.3, 0.4) is 0 Å². The van der Waals surface area contributed by atoms with Gasteiger partial charge in [-0.2, -0.15) is 0 Å². The topological polar surface area (TPSA) is 74.6 Å². The van der Waals surface area contributed by atoms with Crippen LogP contribution in [0.5, 0.6) is 0 Å². The maximum atomic E-state index is 11.6. The smallest absolute Gasteiger partial charge is 0.153 e. The van der Waals surface area contributed by atoms with E-state index in [-0.39, 0.29) is 11.5 Å². The third kappa shape index (κ3) is 5.30. The SMILES string of the molecule is Cc1ccc(CCS(=O)(=O)CC(O)CO)cc1. The van der Waals surface area contributed by atoms with Crippen LogP contribution in [0.2, 0.25) is 0 Å². The van der Waals surface area contributed by atoms with Crippen LogP contribution in [-0.4, -0.2) is 42.8 Å². The summed E-state index contributed by atoms with van der Waals surface area (Å²) in [6.07, 6.45) is -0.751. The Morgan fingerprint density at radius 2 is 1.82 bits per heavy atom. The minimum Gasteiger partial charge on any atom is -0.394 e. The van der Waals surface area contributed by atoms with E-state index >= 15 is 0 Å². The van der Waals surface area contributed by atoms with Gasteiger partial charge in [-0.25, -0.2) is 8.42 Å². The molecule has 0 radical (unpaired) electrons. The molecular formula is C12H18O4S. The quantitative estimate of drug-likeness (QED) is 0.770. The molecule has 0 heterocycles. The molecule has 0 fully saturated rings. The number of sulfone groups is 1. The van der Waals surface area contributed by atoms with Crippen LogP contribution in [0.15, 0.2) is 24.3 Å². The van der Waals surface area contributed by atoms with Crippen molar-refractivity contribution in [1.82, 2.24) is 0 Å². The predicted molar refractivity (Wildman–Crippen MR) is 66.6 cm³/mol. The average Bonchev–Trinajstić information content (AvgIpc) is 2.28. The Hall–Kier alpha value is -0.910. The highest BCUT2D eigenvalue weighted by Gasteiger charge is 2.16. The minimum atomic E-state index is -3.31. The second-order valence-electron chi connectivity index (χ2n) is 4.19. The molecule has 0 bridgehead atoms. The third-order valence-electron chi connectivity index (χ3n) is 2.48.